The standard InChI is InChI=1S/C17H16ClN3O3S4/c18-14-3-4-16(27-14)28(23,24)21-7-5-20(6-8-21)15(22)10-12-11-26-17(19-12)13-2-1-9-25-13/h1-4,9,11H,5-8,10H2. The van der Waals surface area contributed by atoms with Crippen molar-refractivity contribution in [2.45, 2.75) is 10.6 Å². The molecule has 0 atom stereocenters. The number of hydrogen-bond donors (Lipinski definition) is 0. The molecule has 3 aromatic heterocycles. The average Bonchev–Trinajstić information content (AvgIpc) is 3.43. The number of thiophene rings is 2. The van der Waals surface area contributed by atoms with Crippen LogP contribution in [0.1, 0.15) is 5.69 Å². The highest BCUT2D eigenvalue weighted by Gasteiger charge is 2.31. The Morgan fingerprint density at radius 2 is 1.93 bits per heavy atom. The monoisotopic (exact) mass is 473 g/mol. The predicted octanol–water partition coefficient (Wildman–Crippen LogP) is 3.66. The smallest absolute Gasteiger partial charge is 0.252 e. The maximum absolute atomic E-state index is 12.6. The average molecular weight is 474 g/mol. The lowest BCUT2D eigenvalue weighted by Gasteiger charge is -2.33. The number of nitrogens with zero attached hydrogens (tertiary/aromatic N) is 3. The second-order valence-electron chi connectivity index (χ2n) is 6.14. The third kappa shape index (κ3) is 4.17. The van der Waals surface area contributed by atoms with E-state index in [0.29, 0.717) is 17.4 Å². The zero-order valence-electron chi connectivity index (χ0n) is 14.6. The first kappa shape index (κ1) is 20.0. The van der Waals surface area contributed by atoms with Gasteiger partial charge in [0.1, 0.15) is 9.22 Å². The van der Waals surface area contributed by atoms with Crippen LogP contribution >= 0.6 is 45.6 Å². The number of thiazole rings is 1. The van der Waals surface area contributed by atoms with E-state index in [9.17, 15) is 13.2 Å². The summed E-state index contributed by atoms with van der Waals surface area (Å²) in [5.74, 6) is -0.0285. The highest BCUT2D eigenvalue weighted by Crippen LogP contribution is 2.29. The summed E-state index contributed by atoms with van der Waals surface area (Å²) in [6, 6.07) is 7.09. The van der Waals surface area contributed by atoms with Crippen molar-refractivity contribution >= 4 is 61.5 Å². The van der Waals surface area contributed by atoms with Crippen LogP contribution in [-0.2, 0) is 21.2 Å². The fourth-order valence-electron chi connectivity index (χ4n) is 2.91. The number of sulfonamides is 1. The van der Waals surface area contributed by atoms with Crippen molar-refractivity contribution in [1.82, 2.24) is 14.2 Å². The van der Waals surface area contributed by atoms with Crippen LogP contribution in [0.3, 0.4) is 0 Å². The van der Waals surface area contributed by atoms with E-state index in [0.717, 1.165) is 26.9 Å². The highest BCUT2D eigenvalue weighted by atomic mass is 35.5. The van der Waals surface area contributed by atoms with Gasteiger partial charge in [0.2, 0.25) is 5.91 Å². The van der Waals surface area contributed by atoms with Crippen LogP contribution in [0.25, 0.3) is 9.88 Å². The molecule has 1 aliphatic rings. The largest absolute Gasteiger partial charge is 0.340 e. The summed E-state index contributed by atoms with van der Waals surface area (Å²) in [7, 11) is -3.55. The summed E-state index contributed by atoms with van der Waals surface area (Å²) in [4.78, 5) is 20.0. The van der Waals surface area contributed by atoms with Crippen LogP contribution in [0.4, 0.5) is 0 Å². The lowest BCUT2D eigenvalue weighted by molar-refractivity contribution is -0.131. The van der Waals surface area contributed by atoms with Crippen LogP contribution in [-0.4, -0.2) is 54.7 Å². The molecule has 0 spiro atoms. The van der Waals surface area contributed by atoms with E-state index in [-0.39, 0.29) is 29.6 Å². The molecule has 0 N–H and O–H groups in total. The zero-order chi connectivity index (χ0) is 19.7. The van der Waals surface area contributed by atoms with Crippen molar-refractivity contribution in [1.29, 1.82) is 0 Å². The Morgan fingerprint density at radius 3 is 2.57 bits per heavy atom. The molecule has 0 saturated carbocycles. The van der Waals surface area contributed by atoms with E-state index >= 15 is 0 Å². The maximum Gasteiger partial charge on any atom is 0.252 e. The van der Waals surface area contributed by atoms with Gasteiger partial charge in [-0.25, -0.2) is 13.4 Å². The van der Waals surface area contributed by atoms with Crippen LogP contribution in [0.15, 0.2) is 39.2 Å². The Labute approximate surface area is 180 Å². The van der Waals surface area contributed by atoms with Crippen molar-refractivity contribution in [3.8, 4) is 9.88 Å². The fourth-order valence-corrected chi connectivity index (χ4v) is 7.60. The van der Waals surface area contributed by atoms with Gasteiger partial charge in [-0.2, -0.15) is 4.31 Å². The van der Waals surface area contributed by atoms with Crippen molar-refractivity contribution in [3.63, 3.8) is 0 Å². The lowest BCUT2D eigenvalue weighted by Crippen LogP contribution is -2.50. The number of carbonyl (C=O) groups is 1. The first-order valence-electron chi connectivity index (χ1n) is 8.45. The molecule has 148 valence electrons. The normalized spacial score (nSPS) is 15.8. The molecule has 0 aliphatic carbocycles. The molecule has 0 bridgehead atoms. The number of aromatic nitrogens is 1. The summed E-state index contributed by atoms with van der Waals surface area (Å²) in [5.41, 5.74) is 0.752. The number of carbonyl (C=O) groups excluding carboxylic acids is 1. The van der Waals surface area contributed by atoms with E-state index in [2.05, 4.69) is 4.98 Å². The first-order chi connectivity index (χ1) is 13.4. The van der Waals surface area contributed by atoms with Gasteiger partial charge in [0.05, 0.1) is 21.3 Å². The molecule has 1 fully saturated rings. The number of rotatable bonds is 5. The molecule has 0 aromatic carbocycles. The van der Waals surface area contributed by atoms with Gasteiger partial charge in [-0.3, -0.25) is 4.79 Å². The molecular formula is C17H16ClN3O3S4. The van der Waals surface area contributed by atoms with Crippen molar-refractivity contribution in [2.24, 2.45) is 0 Å². The summed E-state index contributed by atoms with van der Waals surface area (Å²) in [6.07, 6.45) is 0.231. The molecular weight excluding hydrogens is 458 g/mol. The van der Waals surface area contributed by atoms with Gasteiger partial charge in [-0.15, -0.1) is 34.0 Å². The van der Waals surface area contributed by atoms with E-state index in [1.54, 1.807) is 22.3 Å². The number of piperazine rings is 1. The highest BCUT2D eigenvalue weighted by molar-refractivity contribution is 7.91. The number of halogens is 1. The number of hydrogen-bond acceptors (Lipinski definition) is 7. The summed E-state index contributed by atoms with van der Waals surface area (Å²) < 4.78 is 27.4. The molecule has 1 amide bonds. The van der Waals surface area contributed by atoms with Gasteiger partial charge >= 0.3 is 0 Å². The molecule has 1 saturated heterocycles. The maximum atomic E-state index is 12.6. The van der Waals surface area contributed by atoms with E-state index in [4.69, 9.17) is 11.6 Å². The quantitative estimate of drug-likeness (QED) is 0.567. The van der Waals surface area contributed by atoms with Gasteiger partial charge in [0.15, 0.2) is 0 Å². The molecule has 0 unspecified atom stereocenters. The van der Waals surface area contributed by atoms with Crippen molar-refractivity contribution in [2.75, 3.05) is 26.2 Å². The Balaban J connectivity index is 1.35. The third-order valence-corrected chi connectivity index (χ3v) is 9.88. The molecule has 4 heterocycles. The summed E-state index contributed by atoms with van der Waals surface area (Å²) >= 11 is 10.1. The third-order valence-electron chi connectivity index (χ3n) is 4.35. The molecule has 28 heavy (non-hydrogen) atoms. The molecule has 3 aromatic rings. The van der Waals surface area contributed by atoms with Crippen LogP contribution in [0.5, 0.6) is 0 Å². The minimum atomic E-state index is -3.55. The lowest BCUT2D eigenvalue weighted by atomic mass is 10.2. The Kier molecular flexibility index (Phi) is 5.86. The molecule has 0 radical (unpaired) electrons. The van der Waals surface area contributed by atoms with Crippen LogP contribution in [0, 0.1) is 0 Å². The van der Waals surface area contributed by atoms with Crippen LogP contribution in [0.2, 0.25) is 4.34 Å². The first-order valence-corrected chi connectivity index (χ1v) is 12.8. The topological polar surface area (TPSA) is 70.6 Å². The molecule has 4 rings (SSSR count). The summed E-state index contributed by atoms with van der Waals surface area (Å²) in [5, 5.41) is 4.83. The van der Waals surface area contributed by atoms with Crippen molar-refractivity contribution < 1.29 is 13.2 Å². The Morgan fingerprint density at radius 1 is 1.14 bits per heavy atom. The summed E-state index contributed by atoms with van der Waals surface area (Å²) in [6.45, 7) is 1.31. The molecule has 6 nitrogen and oxygen atoms in total. The van der Waals surface area contributed by atoms with Gasteiger partial charge in [-0.05, 0) is 23.6 Å². The van der Waals surface area contributed by atoms with Crippen molar-refractivity contribution in [3.05, 3.63) is 45.1 Å². The van der Waals surface area contributed by atoms with E-state index in [1.807, 2.05) is 22.9 Å². The van der Waals surface area contributed by atoms with Gasteiger partial charge in [-0.1, -0.05) is 17.7 Å². The Hall–Kier alpha value is -1.30. The predicted molar refractivity (Wildman–Crippen MR) is 114 cm³/mol. The second-order valence-corrected chi connectivity index (χ2v) is 11.8. The molecule has 11 heteroatoms. The van der Waals surface area contributed by atoms with Gasteiger partial charge in [0.25, 0.3) is 10.0 Å². The second kappa shape index (κ2) is 8.21. The molecule has 1 aliphatic heterocycles. The zero-order valence-corrected chi connectivity index (χ0v) is 18.6. The fraction of sp³-hybridized carbons (Fsp3) is 0.294. The van der Waals surface area contributed by atoms with E-state index in [1.165, 1.54) is 21.7 Å². The van der Waals surface area contributed by atoms with Crippen LogP contribution < -0.4 is 0 Å². The van der Waals surface area contributed by atoms with Gasteiger partial charge in [0, 0.05) is 31.6 Å². The van der Waals surface area contributed by atoms with Gasteiger partial charge < -0.3 is 4.90 Å². The Bertz CT molecular complexity index is 1070. The number of amides is 1. The minimum absolute atomic E-state index is 0.0285. The minimum Gasteiger partial charge on any atom is -0.340 e. The van der Waals surface area contributed by atoms with E-state index < -0.39 is 10.0 Å². The SMILES string of the molecule is O=C(Cc1csc(-c2cccs2)n1)N1CCN(S(=O)(=O)c2ccc(Cl)s2)CC1.